The van der Waals surface area contributed by atoms with Gasteiger partial charge in [-0.3, -0.25) is 4.79 Å². The molecule has 0 aliphatic heterocycles. The van der Waals surface area contributed by atoms with Crippen LogP contribution in [0.4, 0.5) is 0 Å². The van der Waals surface area contributed by atoms with Crippen LogP contribution in [-0.4, -0.2) is 4.98 Å². The number of H-pyrrole nitrogens is 1. The Bertz CT molecular complexity index is 485. The molecule has 2 nitrogen and oxygen atoms in total. The van der Waals surface area contributed by atoms with E-state index in [1.165, 1.54) is 11.3 Å². The summed E-state index contributed by atoms with van der Waals surface area (Å²) in [5.74, 6) is 0. The first-order chi connectivity index (χ1) is 5.68. The van der Waals surface area contributed by atoms with Gasteiger partial charge in [0.15, 0.2) is 0 Å². The van der Waals surface area contributed by atoms with Crippen LogP contribution in [0.15, 0.2) is 21.4 Å². The van der Waals surface area contributed by atoms with Gasteiger partial charge in [-0.2, -0.15) is 0 Å². The normalized spacial score (nSPS) is 10.8. The summed E-state index contributed by atoms with van der Waals surface area (Å²) in [6.07, 6.45) is 0. The molecule has 0 amide bonds. The van der Waals surface area contributed by atoms with Gasteiger partial charge < -0.3 is 4.98 Å². The van der Waals surface area contributed by atoms with E-state index >= 15 is 0 Å². The number of aromatic nitrogens is 1. The van der Waals surface area contributed by atoms with Crippen LogP contribution in [0.2, 0.25) is 0 Å². The van der Waals surface area contributed by atoms with E-state index in [0.717, 1.165) is 20.3 Å². The Balaban J connectivity index is 2.99. The van der Waals surface area contributed by atoms with Crippen LogP contribution in [-0.2, 0) is 0 Å². The van der Waals surface area contributed by atoms with Gasteiger partial charge in [-0.05, 0) is 24.6 Å². The molecular formula is C8H6BrNOS. The first-order valence-electron chi connectivity index (χ1n) is 3.46. The standard InChI is InChI=1S/C8H6BrNOS/c1-4-5(9)2-3-6-7(4)10-8(11)12-6/h2-3H,1H3,(H,10,11). The van der Waals surface area contributed by atoms with E-state index in [-0.39, 0.29) is 4.87 Å². The highest BCUT2D eigenvalue weighted by atomic mass is 79.9. The minimum Gasteiger partial charge on any atom is -0.312 e. The number of nitrogens with one attached hydrogen (secondary N) is 1. The van der Waals surface area contributed by atoms with Crippen molar-refractivity contribution in [1.82, 2.24) is 4.98 Å². The molecule has 1 aromatic carbocycles. The van der Waals surface area contributed by atoms with E-state index in [4.69, 9.17) is 0 Å². The lowest BCUT2D eigenvalue weighted by Crippen LogP contribution is -1.90. The highest BCUT2D eigenvalue weighted by molar-refractivity contribution is 9.10. The lowest BCUT2D eigenvalue weighted by atomic mass is 10.2. The van der Waals surface area contributed by atoms with Gasteiger partial charge in [0.2, 0.25) is 0 Å². The Hall–Kier alpha value is -0.610. The van der Waals surface area contributed by atoms with Crippen molar-refractivity contribution < 1.29 is 0 Å². The molecule has 0 unspecified atom stereocenters. The van der Waals surface area contributed by atoms with Crippen molar-refractivity contribution in [3.8, 4) is 0 Å². The van der Waals surface area contributed by atoms with Crippen LogP contribution in [0.5, 0.6) is 0 Å². The smallest absolute Gasteiger partial charge is 0.305 e. The number of aryl methyl sites for hydroxylation is 1. The van der Waals surface area contributed by atoms with Gasteiger partial charge in [-0.1, -0.05) is 27.3 Å². The molecule has 62 valence electrons. The van der Waals surface area contributed by atoms with Crippen LogP contribution in [0, 0.1) is 6.92 Å². The Kier molecular flexibility index (Phi) is 1.81. The average Bonchev–Trinajstić information content (AvgIpc) is 2.39. The molecule has 0 radical (unpaired) electrons. The molecule has 1 aromatic heterocycles. The SMILES string of the molecule is Cc1c(Br)ccc2sc(=O)[nH]c12. The fourth-order valence-corrected chi connectivity index (χ4v) is 2.25. The molecule has 0 fully saturated rings. The molecule has 0 aliphatic carbocycles. The molecule has 0 spiro atoms. The minimum absolute atomic E-state index is 0.00574. The lowest BCUT2D eigenvalue weighted by molar-refractivity contribution is 1.36. The van der Waals surface area contributed by atoms with E-state index in [0.29, 0.717) is 0 Å². The molecule has 1 heterocycles. The molecule has 12 heavy (non-hydrogen) atoms. The summed E-state index contributed by atoms with van der Waals surface area (Å²) in [4.78, 5) is 13.8. The van der Waals surface area contributed by atoms with Gasteiger partial charge in [0.25, 0.3) is 0 Å². The molecule has 2 aromatic rings. The summed E-state index contributed by atoms with van der Waals surface area (Å²) < 4.78 is 2.05. The van der Waals surface area contributed by atoms with E-state index in [1.807, 2.05) is 19.1 Å². The fourth-order valence-electron chi connectivity index (χ4n) is 1.13. The molecule has 0 saturated carbocycles. The second-order valence-corrected chi connectivity index (χ2v) is 4.43. The van der Waals surface area contributed by atoms with Crippen LogP contribution in [0.25, 0.3) is 10.2 Å². The topological polar surface area (TPSA) is 32.9 Å². The van der Waals surface area contributed by atoms with Crippen LogP contribution < -0.4 is 4.87 Å². The molecule has 0 atom stereocenters. The first kappa shape index (κ1) is 8.01. The van der Waals surface area contributed by atoms with Crippen molar-refractivity contribution in [3.63, 3.8) is 0 Å². The predicted octanol–water partition coefficient (Wildman–Crippen LogP) is 2.66. The van der Waals surface area contributed by atoms with Gasteiger partial charge in [0.05, 0.1) is 10.2 Å². The molecule has 1 N–H and O–H groups in total. The van der Waals surface area contributed by atoms with Crippen molar-refractivity contribution in [2.75, 3.05) is 0 Å². The Morgan fingerprint density at radius 2 is 2.25 bits per heavy atom. The highest BCUT2D eigenvalue weighted by Gasteiger charge is 2.03. The summed E-state index contributed by atoms with van der Waals surface area (Å²) in [5, 5.41) is 0. The Morgan fingerprint density at radius 3 is 3.00 bits per heavy atom. The van der Waals surface area contributed by atoms with E-state index in [2.05, 4.69) is 20.9 Å². The van der Waals surface area contributed by atoms with Crippen LogP contribution in [0.1, 0.15) is 5.56 Å². The number of fused-ring (bicyclic) bond motifs is 1. The third kappa shape index (κ3) is 1.11. The van der Waals surface area contributed by atoms with Crippen LogP contribution in [0.3, 0.4) is 0 Å². The zero-order valence-corrected chi connectivity index (χ0v) is 8.75. The van der Waals surface area contributed by atoms with E-state index in [1.54, 1.807) is 0 Å². The molecular weight excluding hydrogens is 238 g/mol. The monoisotopic (exact) mass is 243 g/mol. The number of aromatic amines is 1. The summed E-state index contributed by atoms with van der Waals surface area (Å²) in [6.45, 7) is 1.98. The number of hydrogen-bond donors (Lipinski definition) is 1. The number of benzene rings is 1. The minimum atomic E-state index is 0.00574. The molecule has 0 bridgehead atoms. The number of halogens is 1. The molecule has 2 rings (SSSR count). The number of thiazole rings is 1. The zero-order chi connectivity index (χ0) is 8.72. The van der Waals surface area contributed by atoms with E-state index in [9.17, 15) is 4.79 Å². The van der Waals surface area contributed by atoms with E-state index < -0.39 is 0 Å². The Morgan fingerprint density at radius 1 is 1.50 bits per heavy atom. The summed E-state index contributed by atoms with van der Waals surface area (Å²) >= 11 is 4.65. The molecule has 4 heteroatoms. The van der Waals surface area contributed by atoms with Gasteiger partial charge in [0.1, 0.15) is 0 Å². The summed E-state index contributed by atoms with van der Waals surface area (Å²) in [5.41, 5.74) is 2.03. The number of rotatable bonds is 0. The largest absolute Gasteiger partial charge is 0.312 e. The number of hydrogen-bond acceptors (Lipinski definition) is 2. The second kappa shape index (κ2) is 2.71. The van der Waals surface area contributed by atoms with Gasteiger partial charge in [-0.25, -0.2) is 0 Å². The first-order valence-corrected chi connectivity index (χ1v) is 5.07. The third-order valence-corrected chi connectivity index (χ3v) is 3.50. The van der Waals surface area contributed by atoms with Crippen molar-refractivity contribution in [3.05, 3.63) is 31.8 Å². The average molecular weight is 244 g/mol. The maximum absolute atomic E-state index is 11.0. The van der Waals surface area contributed by atoms with Crippen molar-refractivity contribution in [2.24, 2.45) is 0 Å². The molecule has 0 aliphatic rings. The van der Waals surface area contributed by atoms with Crippen molar-refractivity contribution in [2.45, 2.75) is 6.92 Å². The second-order valence-electron chi connectivity index (χ2n) is 2.56. The predicted molar refractivity (Wildman–Crippen MR) is 54.9 cm³/mol. The van der Waals surface area contributed by atoms with Gasteiger partial charge in [-0.15, -0.1) is 0 Å². The maximum atomic E-state index is 11.0. The van der Waals surface area contributed by atoms with Gasteiger partial charge in [0, 0.05) is 4.47 Å². The molecule has 0 saturated heterocycles. The Labute approximate surface area is 81.4 Å². The third-order valence-electron chi connectivity index (χ3n) is 1.79. The zero-order valence-electron chi connectivity index (χ0n) is 6.35. The van der Waals surface area contributed by atoms with Crippen molar-refractivity contribution >= 4 is 37.5 Å². The summed E-state index contributed by atoms with van der Waals surface area (Å²) in [7, 11) is 0. The maximum Gasteiger partial charge on any atom is 0.305 e. The quantitative estimate of drug-likeness (QED) is 0.759. The van der Waals surface area contributed by atoms with Crippen LogP contribution >= 0.6 is 27.3 Å². The van der Waals surface area contributed by atoms with Gasteiger partial charge >= 0.3 is 4.87 Å². The highest BCUT2D eigenvalue weighted by Crippen LogP contribution is 2.24. The fraction of sp³-hybridized carbons (Fsp3) is 0.125. The van der Waals surface area contributed by atoms with Crippen molar-refractivity contribution in [1.29, 1.82) is 0 Å². The summed E-state index contributed by atoms with van der Waals surface area (Å²) in [6, 6.07) is 3.90. The lowest BCUT2D eigenvalue weighted by Gasteiger charge is -1.96.